The Labute approximate surface area is 70.8 Å². The van der Waals surface area contributed by atoms with Gasteiger partial charge in [-0.2, -0.15) is 0 Å². The second-order valence-corrected chi connectivity index (χ2v) is 2.77. The van der Waals surface area contributed by atoms with Crippen molar-refractivity contribution in [3.63, 3.8) is 0 Å². The van der Waals surface area contributed by atoms with Crippen LogP contribution in [0.2, 0.25) is 0 Å². The molecular weight excluding hydrogens is 150 g/mol. The molecule has 2 N–H and O–H groups in total. The predicted octanol–water partition coefficient (Wildman–Crippen LogP) is 1.10. The molecule has 0 fully saturated rings. The monoisotopic (exact) mass is 161 g/mol. The summed E-state index contributed by atoms with van der Waals surface area (Å²) in [6.07, 6.45) is 2.00. The average molecular weight is 161 g/mol. The van der Waals surface area contributed by atoms with Crippen LogP contribution in [0.3, 0.4) is 0 Å². The van der Waals surface area contributed by atoms with Crippen LogP contribution in [0.1, 0.15) is 11.5 Å². The van der Waals surface area contributed by atoms with Crippen molar-refractivity contribution >= 4 is 5.52 Å². The molecular formula is C9H11N3. The molecule has 0 atom stereocenters. The van der Waals surface area contributed by atoms with Gasteiger partial charge in [-0.3, -0.25) is 0 Å². The minimum atomic E-state index is 0.501. The first-order valence-electron chi connectivity index (χ1n) is 3.95. The fourth-order valence-electron chi connectivity index (χ4n) is 1.42. The SMILES string of the molecule is Cc1nc(CN)c2ccccn12. The van der Waals surface area contributed by atoms with Gasteiger partial charge in [0.15, 0.2) is 0 Å². The van der Waals surface area contributed by atoms with Crippen molar-refractivity contribution in [2.75, 3.05) is 0 Å². The summed E-state index contributed by atoms with van der Waals surface area (Å²) in [6.45, 7) is 2.48. The van der Waals surface area contributed by atoms with Gasteiger partial charge in [0.1, 0.15) is 5.82 Å². The van der Waals surface area contributed by atoms with Gasteiger partial charge >= 0.3 is 0 Å². The predicted molar refractivity (Wildman–Crippen MR) is 47.8 cm³/mol. The molecule has 0 saturated carbocycles. The van der Waals surface area contributed by atoms with Gasteiger partial charge in [-0.05, 0) is 19.1 Å². The largest absolute Gasteiger partial charge is 0.325 e. The van der Waals surface area contributed by atoms with Crippen LogP contribution in [0.15, 0.2) is 24.4 Å². The molecule has 0 spiro atoms. The highest BCUT2D eigenvalue weighted by Gasteiger charge is 2.03. The molecule has 0 radical (unpaired) electrons. The van der Waals surface area contributed by atoms with Gasteiger partial charge in [-0.1, -0.05) is 6.07 Å². The molecule has 0 aliphatic heterocycles. The van der Waals surface area contributed by atoms with E-state index in [0.29, 0.717) is 6.54 Å². The van der Waals surface area contributed by atoms with Gasteiger partial charge in [0, 0.05) is 12.7 Å². The molecule has 0 aromatic carbocycles. The lowest BCUT2D eigenvalue weighted by Gasteiger charge is -1.94. The van der Waals surface area contributed by atoms with Crippen molar-refractivity contribution in [3.05, 3.63) is 35.9 Å². The van der Waals surface area contributed by atoms with Crippen LogP contribution in [-0.4, -0.2) is 9.38 Å². The number of hydrogen-bond acceptors (Lipinski definition) is 2. The number of aromatic nitrogens is 2. The van der Waals surface area contributed by atoms with E-state index in [-0.39, 0.29) is 0 Å². The van der Waals surface area contributed by atoms with E-state index in [1.807, 2.05) is 35.7 Å². The zero-order chi connectivity index (χ0) is 8.55. The van der Waals surface area contributed by atoms with Gasteiger partial charge in [0.05, 0.1) is 11.2 Å². The molecule has 2 rings (SSSR count). The lowest BCUT2D eigenvalue weighted by atomic mass is 10.3. The Bertz CT molecular complexity index is 403. The zero-order valence-corrected chi connectivity index (χ0v) is 6.99. The topological polar surface area (TPSA) is 43.3 Å². The first kappa shape index (κ1) is 7.31. The van der Waals surface area contributed by atoms with Crippen LogP contribution in [0, 0.1) is 6.92 Å². The molecule has 12 heavy (non-hydrogen) atoms. The molecule has 62 valence electrons. The van der Waals surface area contributed by atoms with Crippen molar-refractivity contribution < 1.29 is 0 Å². The van der Waals surface area contributed by atoms with Crippen LogP contribution in [0.4, 0.5) is 0 Å². The second kappa shape index (κ2) is 2.60. The Morgan fingerprint density at radius 2 is 2.33 bits per heavy atom. The third kappa shape index (κ3) is 0.905. The Hall–Kier alpha value is -1.35. The molecule has 2 heterocycles. The summed E-state index contributed by atoms with van der Waals surface area (Å²) >= 11 is 0. The van der Waals surface area contributed by atoms with Gasteiger partial charge in [-0.15, -0.1) is 0 Å². The summed E-state index contributed by atoms with van der Waals surface area (Å²) in [5.74, 6) is 0.992. The summed E-state index contributed by atoms with van der Waals surface area (Å²) in [4.78, 5) is 4.35. The molecule has 0 saturated heterocycles. The molecule has 2 aromatic heterocycles. The van der Waals surface area contributed by atoms with Gasteiger partial charge < -0.3 is 10.1 Å². The van der Waals surface area contributed by atoms with E-state index in [9.17, 15) is 0 Å². The fraction of sp³-hybridized carbons (Fsp3) is 0.222. The Kier molecular flexibility index (Phi) is 1.59. The maximum absolute atomic E-state index is 5.55. The van der Waals surface area contributed by atoms with Gasteiger partial charge in [0.2, 0.25) is 0 Å². The van der Waals surface area contributed by atoms with E-state index < -0.39 is 0 Å². The third-order valence-corrected chi connectivity index (χ3v) is 1.99. The number of nitrogens with two attached hydrogens (primary N) is 1. The highest BCUT2D eigenvalue weighted by molar-refractivity contribution is 5.52. The molecule has 0 unspecified atom stereocenters. The van der Waals surface area contributed by atoms with E-state index in [2.05, 4.69) is 4.98 Å². The summed E-state index contributed by atoms with van der Waals surface area (Å²) in [6, 6.07) is 6.01. The van der Waals surface area contributed by atoms with Crippen molar-refractivity contribution in [3.8, 4) is 0 Å². The summed E-state index contributed by atoms with van der Waals surface area (Å²) < 4.78 is 2.04. The minimum Gasteiger partial charge on any atom is -0.325 e. The maximum atomic E-state index is 5.55. The number of rotatable bonds is 1. The van der Waals surface area contributed by atoms with Crippen LogP contribution in [0.25, 0.3) is 5.52 Å². The van der Waals surface area contributed by atoms with E-state index >= 15 is 0 Å². The van der Waals surface area contributed by atoms with Gasteiger partial charge in [0.25, 0.3) is 0 Å². The van der Waals surface area contributed by atoms with Crippen molar-refractivity contribution in [1.82, 2.24) is 9.38 Å². The third-order valence-electron chi connectivity index (χ3n) is 1.99. The van der Waals surface area contributed by atoms with Crippen molar-refractivity contribution in [2.45, 2.75) is 13.5 Å². The number of fused-ring (bicyclic) bond motifs is 1. The molecule has 3 nitrogen and oxygen atoms in total. The standard InChI is InChI=1S/C9H11N3/c1-7-11-8(6-10)9-4-2-3-5-12(7)9/h2-5H,6,10H2,1H3. The first-order chi connectivity index (χ1) is 5.83. The lowest BCUT2D eigenvalue weighted by Crippen LogP contribution is -1.96. The molecule has 0 amide bonds. The van der Waals surface area contributed by atoms with Crippen LogP contribution in [-0.2, 0) is 6.54 Å². The quantitative estimate of drug-likeness (QED) is 0.680. The number of aryl methyl sites for hydroxylation is 1. The number of nitrogens with zero attached hydrogens (tertiary/aromatic N) is 2. The summed E-state index contributed by atoms with van der Waals surface area (Å²) in [5.41, 5.74) is 7.63. The minimum absolute atomic E-state index is 0.501. The van der Waals surface area contributed by atoms with Crippen molar-refractivity contribution in [1.29, 1.82) is 0 Å². The Morgan fingerprint density at radius 3 is 3.08 bits per heavy atom. The normalized spacial score (nSPS) is 10.8. The summed E-state index contributed by atoms with van der Waals surface area (Å²) in [5, 5.41) is 0. The molecule has 2 aromatic rings. The van der Waals surface area contributed by atoms with E-state index in [4.69, 9.17) is 5.73 Å². The average Bonchev–Trinajstić information content (AvgIpc) is 2.44. The number of imidazole rings is 1. The van der Waals surface area contributed by atoms with E-state index in [0.717, 1.165) is 17.0 Å². The fourth-order valence-corrected chi connectivity index (χ4v) is 1.42. The Morgan fingerprint density at radius 1 is 1.50 bits per heavy atom. The second-order valence-electron chi connectivity index (χ2n) is 2.77. The first-order valence-corrected chi connectivity index (χ1v) is 3.95. The van der Waals surface area contributed by atoms with Crippen LogP contribution in [0.5, 0.6) is 0 Å². The number of hydrogen-bond donors (Lipinski definition) is 1. The van der Waals surface area contributed by atoms with Gasteiger partial charge in [-0.25, -0.2) is 4.98 Å². The van der Waals surface area contributed by atoms with Crippen molar-refractivity contribution in [2.24, 2.45) is 5.73 Å². The lowest BCUT2D eigenvalue weighted by molar-refractivity contribution is 0.991. The molecule has 0 aliphatic rings. The molecule has 0 aliphatic carbocycles. The zero-order valence-electron chi connectivity index (χ0n) is 6.99. The molecule has 3 heteroatoms. The van der Waals surface area contributed by atoms with E-state index in [1.165, 1.54) is 0 Å². The highest BCUT2D eigenvalue weighted by Crippen LogP contribution is 2.10. The smallest absolute Gasteiger partial charge is 0.110 e. The molecule has 0 bridgehead atoms. The number of pyridine rings is 1. The van der Waals surface area contributed by atoms with Crippen LogP contribution < -0.4 is 5.73 Å². The van der Waals surface area contributed by atoms with E-state index in [1.54, 1.807) is 0 Å². The summed E-state index contributed by atoms with van der Waals surface area (Å²) in [7, 11) is 0. The Balaban J connectivity index is 2.82. The highest BCUT2D eigenvalue weighted by atomic mass is 15.0. The van der Waals surface area contributed by atoms with Crippen LogP contribution >= 0.6 is 0 Å². The maximum Gasteiger partial charge on any atom is 0.110 e.